The summed E-state index contributed by atoms with van der Waals surface area (Å²) in [7, 11) is -3.69. The van der Waals surface area contributed by atoms with Gasteiger partial charge in [0, 0.05) is 5.56 Å². The van der Waals surface area contributed by atoms with E-state index in [4.69, 9.17) is 0 Å². The highest BCUT2D eigenvalue weighted by atomic mass is 32.2. The van der Waals surface area contributed by atoms with Gasteiger partial charge in [0.05, 0.1) is 16.2 Å². The number of aliphatic hydroxyl groups is 1. The summed E-state index contributed by atoms with van der Waals surface area (Å²) in [4.78, 5) is 0.205. The minimum Gasteiger partial charge on any atom is -0.385 e. The molecule has 2 aromatic rings. The summed E-state index contributed by atoms with van der Waals surface area (Å²) in [6.45, 7) is 5.69. The van der Waals surface area contributed by atoms with E-state index in [1.54, 1.807) is 55.5 Å². The monoisotopic (exact) mass is 347 g/mol. The zero-order chi connectivity index (χ0) is 17.8. The van der Waals surface area contributed by atoms with Crippen LogP contribution in [-0.2, 0) is 15.6 Å². The van der Waals surface area contributed by atoms with Crippen LogP contribution in [0.15, 0.2) is 53.4 Å². The molecule has 2 aromatic carbocycles. The Bertz CT molecular complexity index is 781. The molecule has 0 amide bonds. The van der Waals surface area contributed by atoms with Crippen molar-refractivity contribution in [2.75, 3.05) is 4.72 Å². The van der Waals surface area contributed by atoms with E-state index in [1.165, 1.54) is 0 Å². The molecule has 2 N–H and O–H groups in total. The molecule has 0 fully saturated rings. The van der Waals surface area contributed by atoms with Crippen LogP contribution >= 0.6 is 0 Å². The van der Waals surface area contributed by atoms with E-state index in [2.05, 4.69) is 11.6 Å². The van der Waals surface area contributed by atoms with Crippen molar-refractivity contribution in [2.45, 2.75) is 50.5 Å². The lowest BCUT2D eigenvalue weighted by atomic mass is 9.89. The summed E-state index contributed by atoms with van der Waals surface area (Å²) < 4.78 is 27.8. The Labute approximate surface area is 144 Å². The molecule has 24 heavy (non-hydrogen) atoms. The van der Waals surface area contributed by atoms with Crippen LogP contribution in [0, 0.1) is 6.92 Å². The van der Waals surface area contributed by atoms with E-state index >= 15 is 0 Å². The van der Waals surface area contributed by atoms with Gasteiger partial charge in [0.2, 0.25) is 0 Å². The van der Waals surface area contributed by atoms with Crippen molar-refractivity contribution in [3.8, 4) is 0 Å². The fraction of sp³-hybridized carbons (Fsp3) is 0.368. The van der Waals surface area contributed by atoms with Crippen molar-refractivity contribution in [3.63, 3.8) is 0 Å². The van der Waals surface area contributed by atoms with Gasteiger partial charge in [0.1, 0.15) is 0 Å². The predicted molar refractivity (Wildman–Crippen MR) is 97.5 cm³/mol. The summed E-state index contributed by atoms with van der Waals surface area (Å²) in [6.07, 6.45) is 2.41. The summed E-state index contributed by atoms with van der Waals surface area (Å²) in [5.74, 6) is 0. The average molecular weight is 347 g/mol. The molecule has 5 heteroatoms. The Hall–Kier alpha value is -1.85. The maximum absolute atomic E-state index is 12.6. The van der Waals surface area contributed by atoms with Gasteiger partial charge in [-0.3, -0.25) is 4.72 Å². The van der Waals surface area contributed by atoms with Crippen molar-refractivity contribution in [2.24, 2.45) is 0 Å². The Morgan fingerprint density at radius 1 is 1.08 bits per heavy atom. The van der Waals surface area contributed by atoms with E-state index in [-0.39, 0.29) is 4.90 Å². The lowest BCUT2D eigenvalue weighted by Gasteiger charge is -2.26. The first kappa shape index (κ1) is 18.5. The van der Waals surface area contributed by atoms with Gasteiger partial charge < -0.3 is 5.11 Å². The van der Waals surface area contributed by atoms with Gasteiger partial charge in [0.15, 0.2) is 0 Å². The Kier molecular flexibility index (Phi) is 5.67. The second kappa shape index (κ2) is 7.36. The predicted octanol–water partition coefficient (Wildman–Crippen LogP) is 4.19. The Balaban J connectivity index is 2.35. The minimum atomic E-state index is -3.69. The number of sulfonamides is 1. The largest absolute Gasteiger partial charge is 0.385 e. The van der Waals surface area contributed by atoms with Crippen LogP contribution in [0.4, 0.5) is 5.69 Å². The number of benzene rings is 2. The SMILES string of the molecule is CCCCC(C)(O)c1ccccc1NS(=O)(=O)c1ccc(C)cc1. The molecule has 4 nitrogen and oxygen atoms in total. The topological polar surface area (TPSA) is 66.4 Å². The third-order valence-electron chi connectivity index (χ3n) is 4.10. The van der Waals surface area contributed by atoms with Gasteiger partial charge in [-0.15, -0.1) is 0 Å². The number of nitrogens with one attached hydrogen (secondary N) is 1. The number of unbranched alkanes of at least 4 members (excludes halogenated alkanes) is 1. The van der Waals surface area contributed by atoms with Gasteiger partial charge in [-0.1, -0.05) is 55.7 Å². The molecule has 0 aliphatic heterocycles. The molecule has 0 saturated carbocycles. The fourth-order valence-electron chi connectivity index (χ4n) is 2.62. The molecule has 0 aliphatic carbocycles. The van der Waals surface area contributed by atoms with E-state index in [0.717, 1.165) is 18.4 Å². The normalized spacial score (nSPS) is 14.2. The fourth-order valence-corrected chi connectivity index (χ4v) is 3.70. The van der Waals surface area contributed by atoms with Crippen molar-refractivity contribution in [1.82, 2.24) is 0 Å². The van der Waals surface area contributed by atoms with Crippen LogP contribution in [-0.4, -0.2) is 13.5 Å². The van der Waals surface area contributed by atoms with Crippen LogP contribution in [0.2, 0.25) is 0 Å². The summed E-state index contributed by atoms with van der Waals surface area (Å²) in [5.41, 5.74) is 0.924. The van der Waals surface area contributed by atoms with Crippen molar-refractivity contribution in [1.29, 1.82) is 0 Å². The summed E-state index contributed by atoms with van der Waals surface area (Å²) in [6, 6.07) is 13.7. The molecular formula is C19H25NO3S. The highest BCUT2D eigenvalue weighted by Gasteiger charge is 2.27. The summed E-state index contributed by atoms with van der Waals surface area (Å²) >= 11 is 0. The number of anilines is 1. The first-order valence-electron chi connectivity index (χ1n) is 8.17. The molecule has 0 bridgehead atoms. The van der Waals surface area contributed by atoms with E-state index in [9.17, 15) is 13.5 Å². The van der Waals surface area contributed by atoms with Gasteiger partial charge in [-0.2, -0.15) is 0 Å². The van der Waals surface area contributed by atoms with Crippen molar-refractivity contribution >= 4 is 15.7 Å². The van der Waals surface area contributed by atoms with Gasteiger partial charge >= 0.3 is 0 Å². The highest BCUT2D eigenvalue weighted by Crippen LogP contribution is 2.33. The highest BCUT2D eigenvalue weighted by molar-refractivity contribution is 7.92. The van der Waals surface area contributed by atoms with Crippen LogP contribution in [0.1, 0.15) is 44.2 Å². The molecule has 0 radical (unpaired) electrons. The number of hydrogen-bond acceptors (Lipinski definition) is 3. The number of para-hydroxylation sites is 1. The van der Waals surface area contributed by atoms with Gasteiger partial charge in [0.25, 0.3) is 10.0 Å². The molecule has 0 spiro atoms. The maximum Gasteiger partial charge on any atom is 0.261 e. The first-order chi connectivity index (χ1) is 11.3. The summed E-state index contributed by atoms with van der Waals surface area (Å²) in [5, 5.41) is 10.8. The van der Waals surface area contributed by atoms with E-state index in [0.29, 0.717) is 17.7 Å². The van der Waals surface area contributed by atoms with Crippen LogP contribution < -0.4 is 4.72 Å². The molecule has 2 rings (SSSR count). The number of rotatable bonds is 7. The molecule has 0 aliphatic rings. The molecule has 0 saturated heterocycles. The quantitative estimate of drug-likeness (QED) is 0.789. The third kappa shape index (κ3) is 4.36. The molecule has 0 aromatic heterocycles. The minimum absolute atomic E-state index is 0.205. The molecule has 1 atom stereocenters. The van der Waals surface area contributed by atoms with E-state index in [1.807, 2.05) is 6.92 Å². The van der Waals surface area contributed by atoms with Crippen LogP contribution in [0.25, 0.3) is 0 Å². The third-order valence-corrected chi connectivity index (χ3v) is 5.48. The smallest absolute Gasteiger partial charge is 0.261 e. The Morgan fingerprint density at radius 2 is 1.71 bits per heavy atom. The standard InChI is InChI=1S/C19H25NO3S/c1-4-5-14-19(3,21)17-8-6-7-9-18(17)20-24(22,23)16-12-10-15(2)11-13-16/h6-13,20-21H,4-5,14H2,1-3H3. The first-order valence-corrected chi connectivity index (χ1v) is 9.66. The van der Waals surface area contributed by atoms with Crippen molar-refractivity contribution < 1.29 is 13.5 Å². The molecule has 130 valence electrons. The van der Waals surface area contributed by atoms with Crippen LogP contribution in [0.5, 0.6) is 0 Å². The lowest BCUT2D eigenvalue weighted by molar-refractivity contribution is 0.0461. The molecular weight excluding hydrogens is 322 g/mol. The number of hydrogen-bond donors (Lipinski definition) is 2. The molecule has 1 unspecified atom stereocenters. The van der Waals surface area contributed by atoms with Gasteiger partial charge in [-0.25, -0.2) is 8.42 Å². The zero-order valence-corrected chi connectivity index (χ0v) is 15.2. The second-order valence-corrected chi connectivity index (χ2v) is 8.02. The number of aryl methyl sites for hydroxylation is 1. The lowest BCUT2D eigenvalue weighted by Crippen LogP contribution is -2.24. The van der Waals surface area contributed by atoms with Crippen molar-refractivity contribution in [3.05, 3.63) is 59.7 Å². The van der Waals surface area contributed by atoms with Crippen LogP contribution in [0.3, 0.4) is 0 Å². The average Bonchev–Trinajstić information content (AvgIpc) is 2.53. The van der Waals surface area contributed by atoms with Gasteiger partial charge in [-0.05, 0) is 38.5 Å². The molecule has 0 heterocycles. The zero-order valence-electron chi connectivity index (χ0n) is 14.4. The Morgan fingerprint density at radius 3 is 2.33 bits per heavy atom. The van der Waals surface area contributed by atoms with E-state index < -0.39 is 15.6 Å². The second-order valence-electron chi connectivity index (χ2n) is 6.34. The maximum atomic E-state index is 12.6.